The van der Waals surface area contributed by atoms with Gasteiger partial charge in [0.05, 0.1) is 16.8 Å². The van der Waals surface area contributed by atoms with Gasteiger partial charge >= 0.3 is 0 Å². The predicted molar refractivity (Wildman–Crippen MR) is 132 cm³/mol. The summed E-state index contributed by atoms with van der Waals surface area (Å²) in [5, 5.41) is 4.80. The number of halogens is 1. The van der Waals surface area contributed by atoms with Crippen LogP contribution in [0.25, 0.3) is 5.82 Å². The fraction of sp³-hybridized carbons (Fsp3) is 0.160. The predicted octanol–water partition coefficient (Wildman–Crippen LogP) is 5.71. The van der Waals surface area contributed by atoms with E-state index in [0.29, 0.717) is 10.1 Å². The zero-order chi connectivity index (χ0) is 22.2. The molecule has 1 aromatic carbocycles. The Morgan fingerprint density at radius 3 is 2.47 bits per heavy atom. The Hall–Kier alpha value is -3.22. The highest BCUT2D eigenvalue weighted by atomic mass is 35.5. The molecule has 7 heteroatoms. The van der Waals surface area contributed by atoms with Gasteiger partial charge in [-0.25, -0.2) is 4.98 Å². The summed E-state index contributed by atoms with van der Waals surface area (Å²) < 4.78 is 2.09. The van der Waals surface area contributed by atoms with E-state index in [1.165, 1.54) is 11.1 Å². The molecule has 5 nitrogen and oxygen atoms in total. The van der Waals surface area contributed by atoms with Gasteiger partial charge in [0, 0.05) is 30.0 Å². The van der Waals surface area contributed by atoms with Gasteiger partial charge in [-0.15, -0.1) is 0 Å². The molecule has 0 unspecified atom stereocenters. The zero-order valence-corrected chi connectivity index (χ0v) is 19.3. The lowest BCUT2D eigenvalue weighted by Gasteiger charge is -2.29. The van der Waals surface area contributed by atoms with Gasteiger partial charge in [-0.1, -0.05) is 23.7 Å². The average Bonchev–Trinajstić information content (AvgIpc) is 3.38. The SMILES string of the molecule is Cc1cc(C)cc(N2C(=S)N[C@H](c3ccccn3)[C@H]2c2cccn2-c2ccc(Cl)cn2)c1. The van der Waals surface area contributed by atoms with E-state index in [1.54, 1.807) is 6.20 Å². The molecule has 4 heterocycles. The fourth-order valence-corrected chi connectivity index (χ4v) is 4.84. The van der Waals surface area contributed by atoms with E-state index in [1.807, 2.05) is 48.8 Å². The van der Waals surface area contributed by atoms with Crippen LogP contribution in [0, 0.1) is 13.8 Å². The molecule has 0 radical (unpaired) electrons. The van der Waals surface area contributed by atoms with E-state index in [-0.39, 0.29) is 12.1 Å². The topological polar surface area (TPSA) is 46.0 Å². The summed E-state index contributed by atoms with van der Waals surface area (Å²) in [5.41, 5.74) is 5.43. The van der Waals surface area contributed by atoms with Crippen LogP contribution < -0.4 is 10.2 Å². The minimum atomic E-state index is -0.120. The Balaban J connectivity index is 1.68. The van der Waals surface area contributed by atoms with Gasteiger partial charge in [0.2, 0.25) is 0 Å². The summed E-state index contributed by atoms with van der Waals surface area (Å²) in [4.78, 5) is 11.4. The first-order valence-electron chi connectivity index (χ1n) is 10.4. The van der Waals surface area contributed by atoms with E-state index in [9.17, 15) is 0 Å². The van der Waals surface area contributed by atoms with Crippen LogP contribution in [0.3, 0.4) is 0 Å². The highest BCUT2D eigenvalue weighted by molar-refractivity contribution is 7.80. The molecule has 0 saturated carbocycles. The van der Waals surface area contributed by atoms with Crippen molar-refractivity contribution in [2.75, 3.05) is 4.90 Å². The lowest BCUT2D eigenvalue weighted by atomic mass is 10.00. The Labute approximate surface area is 197 Å². The maximum atomic E-state index is 6.08. The van der Waals surface area contributed by atoms with Crippen LogP contribution >= 0.6 is 23.8 Å². The molecule has 1 N–H and O–H groups in total. The smallest absolute Gasteiger partial charge is 0.174 e. The number of anilines is 1. The number of aryl methyl sites for hydroxylation is 2. The van der Waals surface area contributed by atoms with Crippen LogP contribution in [0.5, 0.6) is 0 Å². The Kier molecular flexibility index (Phi) is 5.41. The highest BCUT2D eigenvalue weighted by Gasteiger charge is 2.42. The maximum Gasteiger partial charge on any atom is 0.174 e. The lowest BCUT2D eigenvalue weighted by Crippen LogP contribution is -2.30. The molecular formula is C25H22ClN5S. The first-order chi connectivity index (χ1) is 15.5. The molecule has 1 saturated heterocycles. The van der Waals surface area contributed by atoms with Crippen molar-refractivity contribution in [3.05, 3.63) is 107 Å². The van der Waals surface area contributed by atoms with Crippen LogP contribution in [0.4, 0.5) is 5.69 Å². The second-order valence-corrected chi connectivity index (χ2v) is 8.80. The van der Waals surface area contributed by atoms with Gasteiger partial charge in [-0.3, -0.25) is 4.98 Å². The van der Waals surface area contributed by atoms with Crippen LogP contribution in [-0.4, -0.2) is 19.6 Å². The van der Waals surface area contributed by atoms with E-state index < -0.39 is 0 Å². The summed E-state index contributed by atoms with van der Waals surface area (Å²) in [6, 6.07) is 20.1. The first kappa shape index (κ1) is 20.7. The average molecular weight is 460 g/mol. The van der Waals surface area contributed by atoms with Crippen molar-refractivity contribution in [1.82, 2.24) is 19.9 Å². The molecular weight excluding hydrogens is 438 g/mol. The fourth-order valence-electron chi connectivity index (χ4n) is 4.38. The Morgan fingerprint density at radius 1 is 0.969 bits per heavy atom. The van der Waals surface area contributed by atoms with Crippen LogP contribution in [0.15, 0.2) is 79.3 Å². The van der Waals surface area contributed by atoms with E-state index in [2.05, 4.69) is 62.9 Å². The summed E-state index contributed by atoms with van der Waals surface area (Å²) in [6.45, 7) is 4.21. The molecule has 0 bridgehead atoms. The van der Waals surface area contributed by atoms with E-state index in [4.69, 9.17) is 23.8 Å². The van der Waals surface area contributed by atoms with Crippen molar-refractivity contribution in [2.24, 2.45) is 0 Å². The Bertz CT molecular complexity index is 1250. The molecule has 160 valence electrons. The van der Waals surface area contributed by atoms with Crippen molar-refractivity contribution in [3.63, 3.8) is 0 Å². The number of nitrogens with zero attached hydrogens (tertiary/aromatic N) is 4. The summed E-state index contributed by atoms with van der Waals surface area (Å²) in [7, 11) is 0. The largest absolute Gasteiger partial charge is 0.351 e. The number of thiocarbonyl (C=S) groups is 1. The standard InChI is InChI=1S/C25H22ClN5S/c1-16-12-17(2)14-19(13-16)31-24(23(29-25(31)32)20-6-3-4-10-27-20)21-7-5-11-30(21)22-9-8-18(26)15-28-22/h3-15,23-24H,1-2H3,(H,29,32)/t23-,24-/m1/s1. The zero-order valence-electron chi connectivity index (χ0n) is 17.7. The summed E-state index contributed by atoms with van der Waals surface area (Å²) in [6.07, 6.45) is 5.49. The molecule has 1 aliphatic rings. The first-order valence-corrected chi connectivity index (χ1v) is 11.2. The lowest BCUT2D eigenvalue weighted by molar-refractivity contribution is 0.548. The van der Waals surface area contributed by atoms with Gasteiger partial charge in [0.25, 0.3) is 0 Å². The normalized spacial score (nSPS) is 18.1. The molecule has 0 spiro atoms. The van der Waals surface area contributed by atoms with Crippen molar-refractivity contribution in [1.29, 1.82) is 0 Å². The second kappa shape index (κ2) is 8.37. The van der Waals surface area contributed by atoms with Crippen LogP contribution in [-0.2, 0) is 0 Å². The third-order valence-corrected chi connectivity index (χ3v) is 6.16. The van der Waals surface area contributed by atoms with E-state index in [0.717, 1.165) is 22.9 Å². The molecule has 0 amide bonds. The molecule has 2 atom stereocenters. The molecule has 32 heavy (non-hydrogen) atoms. The molecule has 1 aliphatic heterocycles. The number of hydrogen-bond acceptors (Lipinski definition) is 3. The van der Waals surface area contributed by atoms with Crippen molar-refractivity contribution in [3.8, 4) is 5.82 Å². The molecule has 4 aromatic rings. The van der Waals surface area contributed by atoms with Gasteiger partial charge in [0.15, 0.2) is 5.11 Å². The monoisotopic (exact) mass is 459 g/mol. The minimum Gasteiger partial charge on any atom is -0.351 e. The quantitative estimate of drug-likeness (QED) is 0.396. The number of rotatable bonds is 4. The number of aromatic nitrogens is 3. The summed E-state index contributed by atoms with van der Waals surface area (Å²) in [5.74, 6) is 0.798. The number of hydrogen-bond donors (Lipinski definition) is 1. The van der Waals surface area contributed by atoms with Crippen molar-refractivity contribution in [2.45, 2.75) is 25.9 Å². The molecule has 1 fully saturated rings. The van der Waals surface area contributed by atoms with Crippen LogP contribution in [0.1, 0.15) is 34.6 Å². The van der Waals surface area contributed by atoms with E-state index >= 15 is 0 Å². The molecule has 0 aliphatic carbocycles. The van der Waals surface area contributed by atoms with Gasteiger partial charge in [-0.05, 0) is 85.7 Å². The van der Waals surface area contributed by atoms with Crippen molar-refractivity contribution < 1.29 is 0 Å². The van der Waals surface area contributed by atoms with Crippen LogP contribution in [0.2, 0.25) is 5.02 Å². The number of benzene rings is 1. The van der Waals surface area contributed by atoms with Gasteiger partial charge in [0.1, 0.15) is 11.9 Å². The number of nitrogens with one attached hydrogen (secondary N) is 1. The second-order valence-electron chi connectivity index (χ2n) is 7.98. The maximum absolute atomic E-state index is 6.08. The summed E-state index contributed by atoms with van der Waals surface area (Å²) >= 11 is 11.9. The van der Waals surface area contributed by atoms with Crippen molar-refractivity contribution >= 4 is 34.6 Å². The third kappa shape index (κ3) is 3.76. The van der Waals surface area contributed by atoms with Gasteiger partial charge in [-0.2, -0.15) is 0 Å². The minimum absolute atomic E-state index is 0.119. The van der Waals surface area contributed by atoms with Gasteiger partial charge < -0.3 is 14.8 Å². The highest BCUT2D eigenvalue weighted by Crippen LogP contribution is 2.42. The Morgan fingerprint density at radius 2 is 1.78 bits per heavy atom. The molecule has 5 rings (SSSR count). The third-order valence-electron chi connectivity index (χ3n) is 5.62. The number of pyridine rings is 2. The molecule has 3 aromatic heterocycles.